The van der Waals surface area contributed by atoms with Gasteiger partial charge in [-0.15, -0.1) is 0 Å². The molecule has 0 bridgehead atoms. The fraction of sp³-hybridized carbons (Fsp3) is 0.533. The predicted octanol–water partition coefficient (Wildman–Crippen LogP) is 2.66. The van der Waals surface area contributed by atoms with Crippen LogP contribution in [-0.2, 0) is 0 Å². The maximum atomic E-state index is 10.9. The van der Waals surface area contributed by atoms with Crippen LogP contribution in [0.3, 0.4) is 0 Å². The Bertz CT molecular complexity index is 459. The van der Waals surface area contributed by atoms with Gasteiger partial charge >= 0.3 is 5.97 Å². The number of aliphatic hydroxyl groups is 1. The molecule has 0 saturated heterocycles. The lowest BCUT2D eigenvalue weighted by Gasteiger charge is -2.26. The van der Waals surface area contributed by atoms with Crippen LogP contribution in [0.15, 0.2) is 18.2 Å². The van der Waals surface area contributed by atoms with Gasteiger partial charge in [-0.05, 0) is 55.9 Å². The van der Waals surface area contributed by atoms with Gasteiger partial charge in [-0.2, -0.15) is 0 Å². The monoisotopic (exact) mass is 263 g/mol. The number of aliphatic hydroxyl groups excluding tert-OH is 1. The third kappa shape index (κ3) is 3.70. The van der Waals surface area contributed by atoms with E-state index in [1.165, 1.54) is 0 Å². The molecule has 4 nitrogen and oxygen atoms in total. The SMILES string of the molecule is Cc1cc(NCC2CCCC(O)C2)ccc1C(=O)O. The third-order valence-corrected chi connectivity index (χ3v) is 3.81. The van der Waals surface area contributed by atoms with Gasteiger partial charge in [0.05, 0.1) is 11.7 Å². The molecule has 0 heterocycles. The molecule has 2 unspecified atom stereocenters. The highest BCUT2D eigenvalue weighted by atomic mass is 16.4. The summed E-state index contributed by atoms with van der Waals surface area (Å²) >= 11 is 0. The number of aryl methyl sites for hydroxylation is 1. The summed E-state index contributed by atoms with van der Waals surface area (Å²) in [7, 11) is 0. The van der Waals surface area contributed by atoms with Gasteiger partial charge in [0.1, 0.15) is 0 Å². The van der Waals surface area contributed by atoms with Gasteiger partial charge in [-0.3, -0.25) is 0 Å². The number of anilines is 1. The van der Waals surface area contributed by atoms with Crippen molar-refractivity contribution in [3.05, 3.63) is 29.3 Å². The molecule has 1 aromatic carbocycles. The Hall–Kier alpha value is -1.55. The second kappa shape index (κ2) is 6.06. The smallest absolute Gasteiger partial charge is 0.335 e. The molecule has 0 spiro atoms. The van der Waals surface area contributed by atoms with E-state index in [9.17, 15) is 9.90 Å². The summed E-state index contributed by atoms with van der Waals surface area (Å²) in [5.74, 6) is -0.386. The van der Waals surface area contributed by atoms with E-state index in [-0.39, 0.29) is 6.10 Å². The summed E-state index contributed by atoms with van der Waals surface area (Å²) in [6, 6.07) is 5.30. The number of hydrogen-bond acceptors (Lipinski definition) is 3. The molecular weight excluding hydrogens is 242 g/mol. The van der Waals surface area contributed by atoms with E-state index in [1.807, 2.05) is 6.07 Å². The summed E-state index contributed by atoms with van der Waals surface area (Å²) in [5, 5.41) is 21.9. The Balaban J connectivity index is 1.92. The Morgan fingerprint density at radius 1 is 1.42 bits per heavy atom. The number of aromatic carboxylic acids is 1. The highest BCUT2D eigenvalue weighted by molar-refractivity contribution is 5.89. The van der Waals surface area contributed by atoms with Crippen LogP contribution in [-0.4, -0.2) is 28.8 Å². The number of benzene rings is 1. The molecular formula is C15H21NO3. The highest BCUT2D eigenvalue weighted by Gasteiger charge is 2.19. The summed E-state index contributed by atoms with van der Waals surface area (Å²) in [6.45, 7) is 2.64. The van der Waals surface area contributed by atoms with Crippen molar-refractivity contribution in [3.8, 4) is 0 Å². The minimum absolute atomic E-state index is 0.156. The molecule has 1 fully saturated rings. The maximum Gasteiger partial charge on any atom is 0.335 e. The molecule has 1 saturated carbocycles. The van der Waals surface area contributed by atoms with Crippen molar-refractivity contribution in [2.75, 3.05) is 11.9 Å². The molecule has 2 atom stereocenters. The summed E-state index contributed by atoms with van der Waals surface area (Å²) in [5.41, 5.74) is 2.06. The van der Waals surface area contributed by atoms with Gasteiger partial charge in [-0.1, -0.05) is 6.42 Å². The van der Waals surface area contributed by atoms with E-state index in [4.69, 9.17) is 5.11 Å². The Morgan fingerprint density at radius 2 is 2.21 bits per heavy atom. The molecule has 3 N–H and O–H groups in total. The van der Waals surface area contributed by atoms with Crippen molar-refractivity contribution < 1.29 is 15.0 Å². The first-order valence-electron chi connectivity index (χ1n) is 6.82. The van der Waals surface area contributed by atoms with Gasteiger partial charge in [-0.25, -0.2) is 4.79 Å². The number of nitrogens with one attached hydrogen (secondary N) is 1. The lowest BCUT2D eigenvalue weighted by molar-refractivity contribution is 0.0696. The maximum absolute atomic E-state index is 10.9. The van der Waals surface area contributed by atoms with Crippen molar-refractivity contribution >= 4 is 11.7 Å². The van der Waals surface area contributed by atoms with Crippen molar-refractivity contribution in [2.45, 2.75) is 38.7 Å². The molecule has 0 aliphatic heterocycles. The van der Waals surface area contributed by atoms with Gasteiger partial charge in [0.15, 0.2) is 0 Å². The van der Waals surface area contributed by atoms with E-state index in [1.54, 1.807) is 19.1 Å². The van der Waals surface area contributed by atoms with Gasteiger partial charge in [0.25, 0.3) is 0 Å². The zero-order valence-corrected chi connectivity index (χ0v) is 11.2. The van der Waals surface area contributed by atoms with Gasteiger partial charge in [0.2, 0.25) is 0 Å². The standard InChI is InChI=1S/C15H21NO3/c1-10-7-12(5-6-14(10)15(18)19)16-9-11-3-2-4-13(17)8-11/h5-7,11,13,16-17H,2-4,8-9H2,1H3,(H,18,19). The molecule has 2 rings (SSSR count). The highest BCUT2D eigenvalue weighted by Crippen LogP contribution is 2.25. The van der Waals surface area contributed by atoms with E-state index in [0.29, 0.717) is 11.5 Å². The van der Waals surface area contributed by atoms with Crippen LogP contribution in [0.1, 0.15) is 41.6 Å². The van der Waals surface area contributed by atoms with Gasteiger partial charge in [0, 0.05) is 12.2 Å². The van der Waals surface area contributed by atoms with Crippen LogP contribution < -0.4 is 5.32 Å². The van der Waals surface area contributed by atoms with E-state index < -0.39 is 5.97 Å². The Kier molecular flexibility index (Phi) is 4.43. The van der Waals surface area contributed by atoms with Crippen molar-refractivity contribution in [1.29, 1.82) is 0 Å². The molecule has 4 heteroatoms. The predicted molar refractivity (Wildman–Crippen MR) is 74.6 cm³/mol. The molecule has 0 radical (unpaired) electrons. The summed E-state index contributed by atoms with van der Waals surface area (Å²) < 4.78 is 0. The van der Waals surface area contributed by atoms with Crippen LogP contribution in [0.4, 0.5) is 5.69 Å². The zero-order valence-electron chi connectivity index (χ0n) is 11.2. The van der Waals surface area contributed by atoms with E-state index >= 15 is 0 Å². The molecule has 0 aromatic heterocycles. The van der Waals surface area contributed by atoms with Crippen LogP contribution in [0, 0.1) is 12.8 Å². The first kappa shape index (κ1) is 13.9. The third-order valence-electron chi connectivity index (χ3n) is 3.81. The largest absolute Gasteiger partial charge is 0.478 e. The quantitative estimate of drug-likeness (QED) is 0.781. The first-order valence-corrected chi connectivity index (χ1v) is 6.82. The number of hydrogen-bond donors (Lipinski definition) is 3. The average Bonchev–Trinajstić information content (AvgIpc) is 2.36. The average molecular weight is 263 g/mol. The van der Waals surface area contributed by atoms with Crippen LogP contribution >= 0.6 is 0 Å². The fourth-order valence-corrected chi connectivity index (χ4v) is 2.72. The number of carbonyl (C=O) groups is 1. The number of rotatable bonds is 4. The number of carboxylic acid groups (broad SMARTS) is 1. The van der Waals surface area contributed by atoms with Crippen LogP contribution in [0.5, 0.6) is 0 Å². The Morgan fingerprint density at radius 3 is 2.84 bits per heavy atom. The summed E-state index contributed by atoms with van der Waals surface area (Å²) in [6.07, 6.45) is 3.86. The van der Waals surface area contributed by atoms with Gasteiger partial charge < -0.3 is 15.5 Å². The summed E-state index contributed by atoms with van der Waals surface area (Å²) in [4.78, 5) is 10.9. The molecule has 104 valence electrons. The lowest BCUT2D eigenvalue weighted by Crippen LogP contribution is -2.25. The second-order valence-corrected chi connectivity index (χ2v) is 5.40. The van der Waals surface area contributed by atoms with Crippen LogP contribution in [0.2, 0.25) is 0 Å². The number of carboxylic acids is 1. The first-order chi connectivity index (χ1) is 9.06. The second-order valence-electron chi connectivity index (χ2n) is 5.40. The molecule has 1 aliphatic carbocycles. The molecule has 1 aliphatic rings. The van der Waals surface area contributed by atoms with Crippen LogP contribution in [0.25, 0.3) is 0 Å². The van der Waals surface area contributed by atoms with Crippen molar-refractivity contribution in [1.82, 2.24) is 0 Å². The lowest BCUT2D eigenvalue weighted by atomic mass is 9.87. The normalized spacial score (nSPS) is 23.1. The fourth-order valence-electron chi connectivity index (χ4n) is 2.72. The minimum atomic E-state index is -0.889. The zero-order chi connectivity index (χ0) is 13.8. The molecule has 19 heavy (non-hydrogen) atoms. The van der Waals surface area contributed by atoms with E-state index in [2.05, 4.69) is 5.32 Å². The molecule has 0 amide bonds. The Labute approximate surface area is 113 Å². The van der Waals surface area contributed by atoms with E-state index in [0.717, 1.165) is 43.5 Å². The molecule has 1 aromatic rings. The topological polar surface area (TPSA) is 69.6 Å². The minimum Gasteiger partial charge on any atom is -0.478 e. The van der Waals surface area contributed by atoms with Crippen molar-refractivity contribution in [2.24, 2.45) is 5.92 Å². The van der Waals surface area contributed by atoms with Crippen molar-refractivity contribution in [3.63, 3.8) is 0 Å².